The number of para-hydroxylation sites is 1. The van der Waals surface area contributed by atoms with E-state index < -0.39 is 5.97 Å². The Morgan fingerprint density at radius 2 is 1.79 bits per heavy atom. The highest BCUT2D eigenvalue weighted by molar-refractivity contribution is 8.18. The molecule has 7 heteroatoms. The van der Waals surface area contributed by atoms with Gasteiger partial charge in [-0.15, -0.1) is 11.3 Å². The second-order valence-electron chi connectivity index (χ2n) is 6.33. The Morgan fingerprint density at radius 3 is 2.48 bits per heavy atom. The van der Waals surface area contributed by atoms with Crippen LogP contribution in [-0.4, -0.2) is 34.1 Å². The number of aliphatic imine (C=N–C) groups is 1. The minimum Gasteiger partial charge on any atom is -0.478 e. The minimum absolute atomic E-state index is 0.0783. The molecule has 0 atom stereocenters. The van der Waals surface area contributed by atoms with E-state index >= 15 is 0 Å². The van der Waals surface area contributed by atoms with Gasteiger partial charge < -0.3 is 5.11 Å². The number of amidine groups is 1. The number of thioether (sulfide) groups is 1. The third-order valence-electron chi connectivity index (χ3n) is 4.34. The third kappa shape index (κ3) is 4.16. The van der Waals surface area contributed by atoms with Gasteiger partial charge in [-0.25, -0.2) is 9.79 Å². The normalized spacial score (nSPS) is 16.7. The van der Waals surface area contributed by atoms with Crippen LogP contribution in [0, 0.1) is 0 Å². The maximum Gasteiger partial charge on any atom is 0.335 e. The summed E-state index contributed by atoms with van der Waals surface area (Å²) in [4.78, 5) is 31.3. The zero-order valence-electron chi connectivity index (χ0n) is 15.4. The number of amides is 1. The average molecular weight is 421 g/mol. The number of thiophene rings is 1. The monoisotopic (exact) mass is 420 g/mol. The minimum atomic E-state index is -0.943. The topological polar surface area (TPSA) is 70.0 Å². The van der Waals surface area contributed by atoms with Crippen LogP contribution in [0.25, 0.3) is 17.2 Å². The largest absolute Gasteiger partial charge is 0.478 e. The molecule has 29 heavy (non-hydrogen) atoms. The molecule has 0 saturated carbocycles. The van der Waals surface area contributed by atoms with E-state index in [-0.39, 0.29) is 11.5 Å². The van der Waals surface area contributed by atoms with E-state index in [4.69, 9.17) is 5.11 Å². The van der Waals surface area contributed by atoms with Crippen molar-refractivity contribution in [1.82, 2.24) is 4.90 Å². The summed E-state index contributed by atoms with van der Waals surface area (Å²) in [5.41, 5.74) is 2.98. The van der Waals surface area contributed by atoms with Crippen LogP contribution in [0.15, 0.2) is 75.9 Å². The Bertz CT molecular complexity index is 1130. The Morgan fingerprint density at radius 1 is 1.07 bits per heavy atom. The van der Waals surface area contributed by atoms with Crippen LogP contribution >= 0.6 is 23.1 Å². The first-order chi connectivity index (χ1) is 14.0. The number of benzene rings is 2. The van der Waals surface area contributed by atoms with Crippen LogP contribution in [0.4, 0.5) is 5.69 Å². The molecule has 0 unspecified atom stereocenters. The first-order valence-corrected chi connectivity index (χ1v) is 10.4. The fourth-order valence-electron chi connectivity index (χ4n) is 2.78. The zero-order valence-corrected chi connectivity index (χ0v) is 17.0. The molecule has 1 amide bonds. The molecule has 3 aromatic rings. The number of carboxylic acids is 1. The molecule has 1 fully saturated rings. The summed E-state index contributed by atoms with van der Waals surface area (Å²) in [5.74, 6) is -1.02. The van der Waals surface area contributed by atoms with Gasteiger partial charge in [-0.2, -0.15) is 0 Å². The standard InChI is InChI=1S/C22H16N2O3S2/c1-24-20(25)19(29-22(24)23-17-5-3-2-4-6-17)12-18-11-16(13-28-18)14-7-9-15(10-8-14)21(26)27/h2-13H,1H3,(H,26,27). The van der Waals surface area contributed by atoms with Crippen LogP contribution in [0.5, 0.6) is 0 Å². The van der Waals surface area contributed by atoms with Gasteiger partial charge in [0.2, 0.25) is 0 Å². The molecular weight excluding hydrogens is 404 g/mol. The van der Waals surface area contributed by atoms with Gasteiger partial charge in [-0.1, -0.05) is 30.3 Å². The number of carboxylic acid groups (broad SMARTS) is 1. The lowest BCUT2D eigenvalue weighted by molar-refractivity contribution is -0.121. The molecule has 0 spiro atoms. The van der Waals surface area contributed by atoms with E-state index in [0.29, 0.717) is 10.1 Å². The van der Waals surface area contributed by atoms with Gasteiger partial charge in [-0.05, 0) is 64.7 Å². The summed E-state index contributed by atoms with van der Waals surface area (Å²) in [6.07, 6.45) is 1.87. The number of carbonyl (C=O) groups excluding carboxylic acids is 1. The summed E-state index contributed by atoms with van der Waals surface area (Å²) in [6, 6.07) is 18.3. The van der Waals surface area contributed by atoms with Crippen molar-refractivity contribution in [3.8, 4) is 11.1 Å². The molecule has 2 heterocycles. The molecule has 1 saturated heterocycles. The van der Waals surface area contributed by atoms with Crippen molar-refractivity contribution in [1.29, 1.82) is 0 Å². The van der Waals surface area contributed by atoms with Gasteiger partial charge in [0.25, 0.3) is 5.91 Å². The first-order valence-electron chi connectivity index (χ1n) is 8.75. The Hall–Kier alpha value is -3.16. The van der Waals surface area contributed by atoms with Crippen LogP contribution in [-0.2, 0) is 4.79 Å². The molecule has 1 aliphatic rings. The smallest absolute Gasteiger partial charge is 0.335 e. The van der Waals surface area contributed by atoms with E-state index in [1.165, 1.54) is 23.1 Å². The van der Waals surface area contributed by atoms with Gasteiger partial charge in [0.05, 0.1) is 16.2 Å². The maximum atomic E-state index is 12.6. The predicted octanol–water partition coefficient (Wildman–Crippen LogP) is 5.35. The van der Waals surface area contributed by atoms with Crippen molar-refractivity contribution >= 4 is 51.9 Å². The fraction of sp³-hybridized carbons (Fsp3) is 0.0455. The second kappa shape index (κ2) is 8.06. The highest BCUT2D eigenvalue weighted by Gasteiger charge is 2.30. The summed E-state index contributed by atoms with van der Waals surface area (Å²) in [7, 11) is 1.72. The Labute approximate surface area is 176 Å². The van der Waals surface area contributed by atoms with E-state index in [0.717, 1.165) is 21.7 Å². The van der Waals surface area contributed by atoms with Crippen molar-refractivity contribution < 1.29 is 14.7 Å². The lowest BCUT2D eigenvalue weighted by atomic mass is 10.1. The van der Waals surface area contributed by atoms with Gasteiger partial charge in [0, 0.05) is 11.9 Å². The highest BCUT2D eigenvalue weighted by Crippen LogP contribution is 2.35. The molecule has 0 radical (unpaired) electrons. The molecule has 1 aliphatic heterocycles. The van der Waals surface area contributed by atoms with E-state index in [1.54, 1.807) is 36.2 Å². The zero-order chi connectivity index (χ0) is 20.4. The number of hydrogen-bond donors (Lipinski definition) is 1. The molecule has 0 bridgehead atoms. The number of carbonyl (C=O) groups is 2. The fourth-order valence-corrected chi connectivity index (χ4v) is 4.68. The second-order valence-corrected chi connectivity index (χ2v) is 8.28. The molecule has 4 rings (SSSR count). The average Bonchev–Trinajstić information content (AvgIpc) is 3.30. The van der Waals surface area contributed by atoms with Crippen molar-refractivity contribution in [3.63, 3.8) is 0 Å². The third-order valence-corrected chi connectivity index (χ3v) is 6.28. The Balaban J connectivity index is 1.56. The molecule has 2 aromatic carbocycles. The molecular formula is C22H16N2O3S2. The van der Waals surface area contributed by atoms with Crippen LogP contribution in [0.3, 0.4) is 0 Å². The summed E-state index contributed by atoms with van der Waals surface area (Å²) in [6.45, 7) is 0. The van der Waals surface area contributed by atoms with Crippen molar-refractivity contribution in [3.05, 3.63) is 81.4 Å². The molecule has 0 aliphatic carbocycles. The molecule has 1 aromatic heterocycles. The van der Waals surface area contributed by atoms with E-state index in [2.05, 4.69) is 4.99 Å². The van der Waals surface area contributed by atoms with Crippen molar-refractivity contribution in [2.24, 2.45) is 4.99 Å². The van der Waals surface area contributed by atoms with Crippen molar-refractivity contribution in [2.75, 3.05) is 7.05 Å². The van der Waals surface area contributed by atoms with E-state index in [9.17, 15) is 9.59 Å². The summed E-state index contributed by atoms with van der Waals surface area (Å²) >= 11 is 2.89. The van der Waals surface area contributed by atoms with Gasteiger partial charge in [0.15, 0.2) is 5.17 Å². The predicted molar refractivity (Wildman–Crippen MR) is 119 cm³/mol. The van der Waals surface area contributed by atoms with Crippen LogP contribution < -0.4 is 0 Å². The molecule has 144 valence electrons. The number of nitrogens with zero attached hydrogens (tertiary/aromatic N) is 2. The van der Waals surface area contributed by atoms with Crippen LogP contribution in [0.1, 0.15) is 15.2 Å². The summed E-state index contributed by atoms with van der Waals surface area (Å²) < 4.78 is 0. The number of aromatic carboxylic acids is 1. The SMILES string of the molecule is CN1C(=O)C(=Cc2cc(-c3ccc(C(=O)O)cc3)cs2)SC1=Nc1ccccc1. The number of rotatable bonds is 4. The lowest BCUT2D eigenvalue weighted by Gasteiger charge is -2.06. The summed E-state index contributed by atoms with van der Waals surface area (Å²) in [5, 5.41) is 11.7. The highest BCUT2D eigenvalue weighted by atomic mass is 32.2. The Kier molecular flexibility index (Phi) is 5.33. The van der Waals surface area contributed by atoms with Gasteiger partial charge in [-0.3, -0.25) is 9.69 Å². The molecule has 5 nitrogen and oxygen atoms in total. The maximum absolute atomic E-state index is 12.6. The lowest BCUT2D eigenvalue weighted by Crippen LogP contribution is -2.23. The molecule has 1 N–H and O–H groups in total. The van der Waals surface area contributed by atoms with E-state index in [1.807, 2.05) is 47.9 Å². The van der Waals surface area contributed by atoms with Crippen molar-refractivity contribution in [2.45, 2.75) is 0 Å². The number of hydrogen-bond acceptors (Lipinski definition) is 5. The first kappa shape index (κ1) is 19.2. The number of likely N-dealkylation sites (N-methyl/N-ethyl adjacent to an activating group) is 1. The van der Waals surface area contributed by atoms with Gasteiger partial charge in [0.1, 0.15) is 0 Å². The quantitative estimate of drug-likeness (QED) is 0.578. The van der Waals surface area contributed by atoms with Crippen LogP contribution in [0.2, 0.25) is 0 Å². The van der Waals surface area contributed by atoms with Gasteiger partial charge >= 0.3 is 5.97 Å².